The number of amides is 1. The Kier molecular flexibility index (Phi) is 3.17. The fourth-order valence-electron chi connectivity index (χ4n) is 2.45. The summed E-state index contributed by atoms with van der Waals surface area (Å²) in [4.78, 5) is 16.2. The Balaban J connectivity index is 1.64. The van der Waals surface area contributed by atoms with Crippen LogP contribution >= 0.6 is 0 Å². The van der Waals surface area contributed by atoms with E-state index in [0.717, 1.165) is 18.5 Å². The Bertz CT molecular complexity index is 436. The number of carbonyl (C=O) groups excluding carboxylic acids is 1. The lowest BCUT2D eigenvalue weighted by atomic mass is 10.2. The van der Waals surface area contributed by atoms with Gasteiger partial charge in [-0.3, -0.25) is 9.78 Å². The molecule has 0 radical (unpaired) electrons. The number of rotatable bonds is 4. The molecule has 0 bridgehead atoms. The normalized spacial score (nSPS) is 19.8. The van der Waals surface area contributed by atoms with Gasteiger partial charge >= 0.3 is 0 Å². The quantitative estimate of drug-likeness (QED) is 0.856. The van der Waals surface area contributed by atoms with E-state index < -0.39 is 0 Å². The second kappa shape index (κ2) is 4.96. The van der Waals surface area contributed by atoms with Crippen molar-refractivity contribution in [2.24, 2.45) is 0 Å². The third-order valence-electron chi connectivity index (χ3n) is 3.64. The third kappa shape index (κ3) is 2.81. The number of nitrogens with zero attached hydrogens (tertiary/aromatic N) is 1. The predicted octanol–water partition coefficient (Wildman–Crippen LogP) is 2.33. The van der Waals surface area contributed by atoms with E-state index in [4.69, 9.17) is 0 Å². The number of hydrogen-bond donors (Lipinski definition) is 2. The zero-order valence-electron chi connectivity index (χ0n) is 10.5. The Morgan fingerprint density at radius 2 is 1.89 bits per heavy atom. The number of aromatic nitrogens is 1. The Labute approximate surface area is 107 Å². The van der Waals surface area contributed by atoms with Gasteiger partial charge in [-0.1, -0.05) is 12.8 Å². The first kappa shape index (κ1) is 11.5. The van der Waals surface area contributed by atoms with E-state index in [1.807, 2.05) is 6.07 Å². The summed E-state index contributed by atoms with van der Waals surface area (Å²) in [6.45, 7) is 0. The van der Waals surface area contributed by atoms with E-state index in [1.54, 1.807) is 12.4 Å². The first-order valence-corrected chi connectivity index (χ1v) is 6.84. The summed E-state index contributed by atoms with van der Waals surface area (Å²) in [7, 11) is 0. The van der Waals surface area contributed by atoms with Crippen LogP contribution in [0.2, 0.25) is 0 Å². The van der Waals surface area contributed by atoms with Crippen molar-refractivity contribution >= 4 is 11.6 Å². The van der Waals surface area contributed by atoms with Gasteiger partial charge in [0.1, 0.15) is 0 Å². The first-order chi connectivity index (χ1) is 8.81. The van der Waals surface area contributed by atoms with Crippen molar-refractivity contribution in [1.82, 2.24) is 10.3 Å². The maximum atomic E-state index is 12.1. The molecule has 1 heterocycles. The predicted molar refractivity (Wildman–Crippen MR) is 70.6 cm³/mol. The molecule has 4 heteroatoms. The van der Waals surface area contributed by atoms with Gasteiger partial charge in [-0.15, -0.1) is 0 Å². The van der Waals surface area contributed by atoms with E-state index in [0.29, 0.717) is 17.6 Å². The second-order valence-electron chi connectivity index (χ2n) is 5.34. The van der Waals surface area contributed by atoms with Crippen LogP contribution in [0.5, 0.6) is 0 Å². The number of pyridine rings is 1. The van der Waals surface area contributed by atoms with Gasteiger partial charge in [-0.2, -0.15) is 0 Å². The molecule has 18 heavy (non-hydrogen) atoms. The monoisotopic (exact) mass is 245 g/mol. The van der Waals surface area contributed by atoms with E-state index in [1.165, 1.54) is 25.7 Å². The van der Waals surface area contributed by atoms with E-state index in [9.17, 15) is 4.79 Å². The molecule has 2 N–H and O–H groups in total. The molecular formula is C14H19N3O. The summed E-state index contributed by atoms with van der Waals surface area (Å²) in [5.41, 5.74) is 1.61. The molecule has 2 aliphatic rings. The van der Waals surface area contributed by atoms with E-state index >= 15 is 0 Å². The first-order valence-electron chi connectivity index (χ1n) is 6.84. The lowest BCUT2D eigenvalue weighted by Crippen LogP contribution is -2.32. The van der Waals surface area contributed by atoms with Crippen LogP contribution in [0, 0.1) is 0 Å². The average Bonchev–Trinajstić information content (AvgIpc) is 3.04. The molecule has 0 unspecified atom stereocenters. The highest BCUT2D eigenvalue weighted by Crippen LogP contribution is 2.24. The lowest BCUT2D eigenvalue weighted by Gasteiger charge is -2.12. The van der Waals surface area contributed by atoms with Crippen molar-refractivity contribution in [3.05, 3.63) is 24.0 Å². The molecule has 2 fully saturated rings. The number of carbonyl (C=O) groups is 1. The lowest BCUT2D eigenvalue weighted by molar-refractivity contribution is 0.0937. The highest BCUT2D eigenvalue weighted by Gasteiger charge is 2.22. The second-order valence-corrected chi connectivity index (χ2v) is 5.34. The molecule has 3 rings (SSSR count). The van der Waals surface area contributed by atoms with Crippen molar-refractivity contribution < 1.29 is 4.79 Å². The van der Waals surface area contributed by atoms with E-state index in [-0.39, 0.29) is 5.91 Å². The molecule has 1 aromatic rings. The van der Waals surface area contributed by atoms with Crippen LogP contribution in [0.1, 0.15) is 48.9 Å². The van der Waals surface area contributed by atoms with E-state index in [2.05, 4.69) is 15.6 Å². The fraction of sp³-hybridized carbons (Fsp3) is 0.571. The summed E-state index contributed by atoms with van der Waals surface area (Å²) in [6.07, 6.45) is 10.5. The molecule has 2 saturated carbocycles. The molecule has 0 aliphatic heterocycles. The minimum Gasteiger partial charge on any atom is -0.381 e. The fourth-order valence-corrected chi connectivity index (χ4v) is 2.45. The van der Waals surface area contributed by atoms with Crippen LogP contribution in [-0.4, -0.2) is 23.0 Å². The smallest absolute Gasteiger partial charge is 0.253 e. The maximum absolute atomic E-state index is 12.1. The maximum Gasteiger partial charge on any atom is 0.253 e. The van der Waals surface area contributed by atoms with Gasteiger partial charge in [0, 0.05) is 24.5 Å². The zero-order valence-corrected chi connectivity index (χ0v) is 10.5. The van der Waals surface area contributed by atoms with Crippen LogP contribution in [0.15, 0.2) is 18.5 Å². The van der Waals surface area contributed by atoms with Crippen molar-refractivity contribution in [2.75, 3.05) is 5.32 Å². The molecule has 1 aromatic heterocycles. The van der Waals surface area contributed by atoms with Gasteiger partial charge < -0.3 is 10.6 Å². The molecule has 4 nitrogen and oxygen atoms in total. The molecule has 2 aliphatic carbocycles. The SMILES string of the molecule is O=C(NC1CCCC1)c1cncc(NC2CC2)c1. The molecule has 0 saturated heterocycles. The molecule has 1 amide bonds. The number of hydrogen-bond acceptors (Lipinski definition) is 3. The minimum atomic E-state index is 0.00819. The Morgan fingerprint density at radius 1 is 1.11 bits per heavy atom. The minimum absolute atomic E-state index is 0.00819. The third-order valence-corrected chi connectivity index (χ3v) is 3.64. The van der Waals surface area contributed by atoms with Gasteiger partial charge in [-0.25, -0.2) is 0 Å². The number of anilines is 1. The summed E-state index contributed by atoms with van der Waals surface area (Å²) < 4.78 is 0. The average molecular weight is 245 g/mol. The molecule has 0 aromatic carbocycles. The van der Waals surface area contributed by atoms with Crippen molar-refractivity contribution in [1.29, 1.82) is 0 Å². The van der Waals surface area contributed by atoms with Gasteiger partial charge in [0.25, 0.3) is 5.91 Å². The Hall–Kier alpha value is -1.58. The highest BCUT2D eigenvalue weighted by atomic mass is 16.1. The van der Waals surface area contributed by atoms with Crippen LogP contribution in [0.25, 0.3) is 0 Å². The van der Waals surface area contributed by atoms with Crippen LogP contribution in [0.4, 0.5) is 5.69 Å². The van der Waals surface area contributed by atoms with Crippen LogP contribution < -0.4 is 10.6 Å². The van der Waals surface area contributed by atoms with Crippen molar-refractivity contribution in [2.45, 2.75) is 50.6 Å². The summed E-state index contributed by atoms with van der Waals surface area (Å²) >= 11 is 0. The largest absolute Gasteiger partial charge is 0.381 e. The van der Waals surface area contributed by atoms with Gasteiger partial charge in [-0.05, 0) is 31.7 Å². The molecule has 96 valence electrons. The highest BCUT2D eigenvalue weighted by molar-refractivity contribution is 5.94. The molecular weight excluding hydrogens is 226 g/mol. The van der Waals surface area contributed by atoms with Gasteiger partial charge in [0.15, 0.2) is 0 Å². The van der Waals surface area contributed by atoms with Crippen molar-refractivity contribution in [3.8, 4) is 0 Å². The zero-order chi connectivity index (χ0) is 12.4. The van der Waals surface area contributed by atoms with Crippen LogP contribution in [-0.2, 0) is 0 Å². The van der Waals surface area contributed by atoms with Crippen molar-refractivity contribution in [3.63, 3.8) is 0 Å². The topological polar surface area (TPSA) is 54.0 Å². The molecule has 0 spiro atoms. The Morgan fingerprint density at radius 3 is 2.61 bits per heavy atom. The van der Waals surface area contributed by atoms with Gasteiger partial charge in [0.2, 0.25) is 0 Å². The van der Waals surface area contributed by atoms with Crippen LogP contribution in [0.3, 0.4) is 0 Å². The number of nitrogens with one attached hydrogen (secondary N) is 2. The molecule has 0 atom stereocenters. The van der Waals surface area contributed by atoms with Gasteiger partial charge in [0.05, 0.1) is 11.3 Å². The summed E-state index contributed by atoms with van der Waals surface area (Å²) in [5, 5.41) is 6.45. The summed E-state index contributed by atoms with van der Waals surface area (Å²) in [5.74, 6) is 0.00819. The standard InChI is InChI=1S/C14H19N3O/c18-14(17-11-3-1-2-4-11)10-7-13(9-15-8-10)16-12-5-6-12/h7-9,11-12,16H,1-6H2,(H,17,18). The summed E-state index contributed by atoms with van der Waals surface area (Å²) in [6, 6.07) is 2.84.